The minimum atomic E-state index is 0. The van der Waals surface area contributed by atoms with E-state index in [1.807, 2.05) is 0 Å². The summed E-state index contributed by atoms with van der Waals surface area (Å²) in [6.07, 6.45) is 0. The molecule has 0 nitrogen and oxygen atoms in total. The van der Waals surface area contributed by atoms with Crippen LogP contribution in [0.2, 0.25) is 0 Å². The van der Waals surface area contributed by atoms with Gasteiger partial charge in [0.2, 0.25) is 0 Å². The molecule has 0 saturated carbocycles. The van der Waals surface area contributed by atoms with E-state index < -0.39 is 0 Å². The second-order valence-electron chi connectivity index (χ2n) is 5.98. The fraction of sp³-hybridized carbons (Fsp3) is 0.316. The Morgan fingerprint density at radius 3 is 1.05 bits per heavy atom. The molecule has 0 aliphatic rings. The molecule has 2 aromatic carbocycles. The number of hydrogen-bond donors (Lipinski definition) is 0. The van der Waals surface area contributed by atoms with Crippen molar-refractivity contribution in [1.82, 2.24) is 0 Å². The van der Waals surface area contributed by atoms with E-state index in [0.29, 0.717) is 0 Å². The van der Waals surface area contributed by atoms with Crippen molar-refractivity contribution in [3.05, 3.63) is 79.2 Å². The highest BCUT2D eigenvalue weighted by atomic mass is 14.4. The van der Waals surface area contributed by atoms with Gasteiger partial charge in [-0.05, 0) is 29.4 Å². The first-order valence-electron chi connectivity index (χ1n) is 6.57. The lowest BCUT2D eigenvalue weighted by atomic mass is 9.61. The standard InChI is InChI=1S/C18H22.CH/c1-17(2,15-11-7-5-8-12-15)18(3,4)16-13-9-6-10-14-16;/h5-14H,1-4H3;1H. The van der Waals surface area contributed by atoms with Gasteiger partial charge in [0.25, 0.3) is 0 Å². The lowest BCUT2D eigenvalue weighted by Crippen LogP contribution is -2.40. The highest BCUT2D eigenvalue weighted by Crippen LogP contribution is 2.43. The summed E-state index contributed by atoms with van der Waals surface area (Å²) in [6, 6.07) is 21.6. The maximum absolute atomic E-state index is 2.33. The van der Waals surface area contributed by atoms with Crippen LogP contribution in [-0.2, 0) is 10.8 Å². The lowest BCUT2D eigenvalue weighted by Gasteiger charge is -2.43. The van der Waals surface area contributed by atoms with Crippen LogP contribution in [0.15, 0.2) is 60.7 Å². The monoisotopic (exact) mass is 251 g/mol. The maximum Gasteiger partial charge on any atom is -0.00120 e. The van der Waals surface area contributed by atoms with E-state index in [1.54, 1.807) is 0 Å². The lowest BCUT2D eigenvalue weighted by molar-refractivity contribution is 0.303. The highest BCUT2D eigenvalue weighted by Gasteiger charge is 2.39. The molecule has 0 atom stereocenters. The van der Waals surface area contributed by atoms with Gasteiger partial charge in [-0.2, -0.15) is 0 Å². The van der Waals surface area contributed by atoms with Crippen LogP contribution in [0.5, 0.6) is 0 Å². The Hall–Kier alpha value is -1.56. The van der Waals surface area contributed by atoms with E-state index in [0.717, 1.165) is 0 Å². The molecule has 99 valence electrons. The summed E-state index contributed by atoms with van der Waals surface area (Å²) < 4.78 is 0. The van der Waals surface area contributed by atoms with E-state index in [4.69, 9.17) is 0 Å². The summed E-state index contributed by atoms with van der Waals surface area (Å²) >= 11 is 0. The van der Waals surface area contributed by atoms with Crippen molar-refractivity contribution in [2.75, 3.05) is 0 Å². The van der Waals surface area contributed by atoms with Gasteiger partial charge in [-0.1, -0.05) is 88.4 Å². The predicted octanol–water partition coefficient (Wildman–Crippen LogP) is 5.15. The van der Waals surface area contributed by atoms with Gasteiger partial charge in [0.1, 0.15) is 0 Å². The number of hydrogen-bond acceptors (Lipinski definition) is 0. The zero-order chi connectivity index (χ0) is 13.2. The summed E-state index contributed by atoms with van der Waals surface area (Å²) in [4.78, 5) is 0. The Labute approximate surface area is 118 Å². The summed E-state index contributed by atoms with van der Waals surface area (Å²) in [5.41, 5.74) is 2.96. The molecule has 0 heterocycles. The molecule has 2 aromatic rings. The Kier molecular flexibility index (Phi) is 4.57. The second kappa shape index (κ2) is 5.61. The van der Waals surface area contributed by atoms with Crippen LogP contribution in [0, 0.1) is 7.43 Å². The van der Waals surface area contributed by atoms with Crippen LogP contribution in [0.25, 0.3) is 0 Å². The van der Waals surface area contributed by atoms with Crippen LogP contribution in [-0.4, -0.2) is 0 Å². The zero-order valence-electron chi connectivity index (χ0n) is 12.4. The van der Waals surface area contributed by atoms with Gasteiger partial charge in [0.15, 0.2) is 0 Å². The van der Waals surface area contributed by atoms with Crippen LogP contribution < -0.4 is 0 Å². The second-order valence-corrected chi connectivity index (χ2v) is 5.98. The molecule has 0 heteroatoms. The van der Waals surface area contributed by atoms with Crippen molar-refractivity contribution < 1.29 is 0 Å². The first kappa shape index (κ1) is 15.5. The molecule has 3 radical (unpaired) electrons. The van der Waals surface area contributed by atoms with Gasteiger partial charge >= 0.3 is 0 Å². The fourth-order valence-electron chi connectivity index (χ4n) is 2.43. The van der Waals surface area contributed by atoms with Crippen LogP contribution in [0.4, 0.5) is 0 Å². The molecule has 0 amide bonds. The Morgan fingerprint density at radius 2 is 0.789 bits per heavy atom. The molecule has 0 aliphatic carbocycles. The molecule has 0 aliphatic heterocycles. The van der Waals surface area contributed by atoms with Crippen molar-refractivity contribution in [3.8, 4) is 0 Å². The van der Waals surface area contributed by atoms with Crippen molar-refractivity contribution >= 4 is 0 Å². The normalized spacial score (nSPS) is 11.8. The van der Waals surface area contributed by atoms with Gasteiger partial charge in [-0.25, -0.2) is 0 Å². The smallest absolute Gasteiger partial charge is 0.00120 e. The predicted molar refractivity (Wildman–Crippen MR) is 83.2 cm³/mol. The number of rotatable bonds is 3. The molecule has 19 heavy (non-hydrogen) atoms. The van der Waals surface area contributed by atoms with Gasteiger partial charge in [-0.3, -0.25) is 0 Å². The van der Waals surface area contributed by atoms with Gasteiger partial charge < -0.3 is 0 Å². The Balaban J connectivity index is 0.00000180. The third-order valence-corrected chi connectivity index (χ3v) is 4.55. The van der Waals surface area contributed by atoms with Gasteiger partial charge in [0.05, 0.1) is 0 Å². The molecular formula is C19H23. The molecule has 2 rings (SSSR count). The Bertz CT molecular complexity index is 443. The third kappa shape index (κ3) is 2.73. The first-order valence-corrected chi connectivity index (χ1v) is 6.57. The molecule has 0 saturated heterocycles. The van der Waals surface area contributed by atoms with Crippen molar-refractivity contribution in [2.24, 2.45) is 0 Å². The molecule has 0 aromatic heterocycles. The SMILES string of the molecule is CC(C)(c1ccccc1)C(C)(C)c1ccccc1.[CH]. The third-order valence-electron chi connectivity index (χ3n) is 4.55. The van der Waals surface area contributed by atoms with Crippen LogP contribution in [0.3, 0.4) is 0 Å². The Morgan fingerprint density at radius 1 is 0.526 bits per heavy atom. The molecule has 0 unspecified atom stereocenters. The largest absolute Gasteiger partial charge is 0.0622 e. The van der Waals surface area contributed by atoms with Crippen molar-refractivity contribution in [1.29, 1.82) is 0 Å². The van der Waals surface area contributed by atoms with E-state index >= 15 is 0 Å². The summed E-state index contributed by atoms with van der Waals surface area (Å²) in [6.45, 7) is 9.31. The quantitative estimate of drug-likeness (QED) is 0.708. The van der Waals surface area contributed by atoms with E-state index in [-0.39, 0.29) is 18.3 Å². The van der Waals surface area contributed by atoms with E-state index in [2.05, 4.69) is 88.4 Å². The number of benzene rings is 2. The first-order chi connectivity index (χ1) is 8.46. The fourth-order valence-corrected chi connectivity index (χ4v) is 2.43. The topological polar surface area (TPSA) is 0 Å². The van der Waals surface area contributed by atoms with Gasteiger partial charge in [0, 0.05) is 0 Å². The summed E-state index contributed by atoms with van der Waals surface area (Å²) in [7, 11) is 0. The minimum absolute atomic E-state index is 0. The highest BCUT2D eigenvalue weighted by molar-refractivity contribution is 5.35. The maximum atomic E-state index is 2.33. The van der Waals surface area contributed by atoms with Crippen LogP contribution >= 0.6 is 0 Å². The van der Waals surface area contributed by atoms with Gasteiger partial charge in [-0.15, -0.1) is 0 Å². The average Bonchev–Trinajstić information content (AvgIpc) is 2.40. The minimum Gasteiger partial charge on any atom is -0.0622 e. The zero-order valence-corrected chi connectivity index (χ0v) is 12.4. The van der Waals surface area contributed by atoms with E-state index in [9.17, 15) is 0 Å². The van der Waals surface area contributed by atoms with Crippen molar-refractivity contribution in [3.63, 3.8) is 0 Å². The average molecular weight is 251 g/mol. The van der Waals surface area contributed by atoms with Crippen molar-refractivity contribution in [2.45, 2.75) is 38.5 Å². The summed E-state index contributed by atoms with van der Waals surface area (Å²) in [5, 5.41) is 0. The molecular weight excluding hydrogens is 228 g/mol. The molecule has 0 fully saturated rings. The summed E-state index contributed by atoms with van der Waals surface area (Å²) in [5.74, 6) is 0. The van der Waals surface area contributed by atoms with E-state index in [1.165, 1.54) is 11.1 Å². The molecule has 0 bridgehead atoms. The molecule has 0 spiro atoms. The van der Waals surface area contributed by atoms with Crippen LogP contribution in [0.1, 0.15) is 38.8 Å². The molecule has 0 N–H and O–H groups in total.